The van der Waals surface area contributed by atoms with Crippen molar-refractivity contribution in [2.75, 3.05) is 23.7 Å². The molecule has 1 unspecified atom stereocenters. The Hall–Kier alpha value is -3.87. The van der Waals surface area contributed by atoms with Crippen LogP contribution in [0, 0.1) is 0 Å². The molecule has 2 aromatic carbocycles. The highest BCUT2D eigenvalue weighted by Gasteiger charge is 2.27. The summed E-state index contributed by atoms with van der Waals surface area (Å²) in [7, 11) is 0. The van der Waals surface area contributed by atoms with Gasteiger partial charge in [0.15, 0.2) is 6.17 Å². The van der Waals surface area contributed by atoms with Crippen LogP contribution in [0.15, 0.2) is 66.9 Å². The maximum atomic E-state index is 12.9. The van der Waals surface area contributed by atoms with E-state index >= 15 is 0 Å². The first-order valence-corrected chi connectivity index (χ1v) is 11.2. The standard InChI is InChI=1S/C26H26N4O3/c1-17(31)30-15-5-6-19(16-30)21-7-4-14-27-26(21)33-20-12-10-18(11-13-20)24(32)25-28-22-8-2-3-9-23(22)29-25/h2-4,7-14,19,25,28-29H,5-6,15-16H2,1H3. The van der Waals surface area contributed by atoms with E-state index in [-0.39, 0.29) is 17.6 Å². The van der Waals surface area contributed by atoms with Gasteiger partial charge in [-0.05, 0) is 55.3 Å². The van der Waals surface area contributed by atoms with Gasteiger partial charge in [0.1, 0.15) is 5.75 Å². The molecule has 7 nitrogen and oxygen atoms in total. The molecule has 7 heteroatoms. The van der Waals surface area contributed by atoms with Crippen molar-refractivity contribution in [2.45, 2.75) is 31.8 Å². The largest absolute Gasteiger partial charge is 0.439 e. The normalized spacial score (nSPS) is 17.6. The number of para-hydroxylation sites is 2. The van der Waals surface area contributed by atoms with Gasteiger partial charge < -0.3 is 20.3 Å². The number of ketones is 1. The fourth-order valence-corrected chi connectivity index (χ4v) is 4.49. The van der Waals surface area contributed by atoms with Crippen molar-refractivity contribution in [3.63, 3.8) is 0 Å². The highest BCUT2D eigenvalue weighted by Crippen LogP contribution is 2.34. The number of carbonyl (C=O) groups is 2. The van der Waals surface area contributed by atoms with Gasteiger partial charge in [0.2, 0.25) is 17.6 Å². The van der Waals surface area contributed by atoms with E-state index in [1.807, 2.05) is 41.3 Å². The fraction of sp³-hybridized carbons (Fsp3) is 0.269. The number of carbonyl (C=O) groups excluding carboxylic acids is 2. The molecular formula is C26H26N4O3. The summed E-state index contributed by atoms with van der Waals surface area (Å²) in [6.07, 6.45) is 3.16. The van der Waals surface area contributed by atoms with Gasteiger partial charge in [0.25, 0.3) is 0 Å². The van der Waals surface area contributed by atoms with E-state index in [4.69, 9.17) is 4.74 Å². The Balaban J connectivity index is 1.29. The smallest absolute Gasteiger partial charge is 0.222 e. The molecule has 0 aliphatic carbocycles. The number of anilines is 2. The summed E-state index contributed by atoms with van der Waals surface area (Å²) in [5.41, 5.74) is 3.43. The maximum absolute atomic E-state index is 12.9. The number of piperidine rings is 1. The number of nitrogens with one attached hydrogen (secondary N) is 2. The Labute approximate surface area is 192 Å². The number of pyridine rings is 1. The van der Waals surface area contributed by atoms with Gasteiger partial charge in [-0.15, -0.1) is 0 Å². The van der Waals surface area contributed by atoms with Crippen LogP contribution in [0.3, 0.4) is 0 Å². The van der Waals surface area contributed by atoms with Gasteiger partial charge in [-0.1, -0.05) is 18.2 Å². The summed E-state index contributed by atoms with van der Waals surface area (Å²) in [5, 5.41) is 6.43. The lowest BCUT2D eigenvalue weighted by Crippen LogP contribution is -2.37. The molecule has 168 valence electrons. The van der Waals surface area contributed by atoms with Crippen molar-refractivity contribution < 1.29 is 14.3 Å². The zero-order chi connectivity index (χ0) is 22.8. The minimum Gasteiger partial charge on any atom is -0.439 e. The summed E-state index contributed by atoms with van der Waals surface area (Å²) >= 11 is 0. The second-order valence-corrected chi connectivity index (χ2v) is 8.46. The Bertz CT molecular complexity index is 1150. The number of likely N-dealkylation sites (tertiary alicyclic amines) is 1. The number of hydrogen-bond donors (Lipinski definition) is 2. The molecule has 0 saturated carbocycles. The van der Waals surface area contributed by atoms with Gasteiger partial charge in [0, 0.05) is 43.3 Å². The fourth-order valence-electron chi connectivity index (χ4n) is 4.49. The van der Waals surface area contributed by atoms with Crippen LogP contribution in [0.25, 0.3) is 0 Å². The Morgan fingerprint density at radius 1 is 1.00 bits per heavy atom. The van der Waals surface area contributed by atoms with E-state index < -0.39 is 6.17 Å². The Morgan fingerprint density at radius 2 is 1.73 bits per heavy atom. The number of ether oxygens (including phenoxy) is 1. The third-order valence-electron chi connectivity index (χ3n) is 6.25. The average molecular weight is 443 g/mol. The van der Waals surface area contributed by atoms with Crippen molar-refractivity contribution >= 4 is 23.1 Å². The molecular weight excluding hydrogens is 416 g/mol. The number of Topliss-reactive ketones (excluding diaryl/α,β-unsaturated/α-hetero) is 1. The molecule has 3 heterocycles. The van der Waals surface area contributed by atoms with E-state index in [1.54, 1.807) is 37.4 Å². The third-order valence-corrected chi connectivity index (χ3v) is 6.25. The van der Waals surface area contributed by atoms with Crippen LogP contribution in [0.2, 0.25) is 0 Å². The van der Waals surface area contributed by atoms with Crippen LogP contribution in [-0.4, -0.2) is 40.8 Å². The first kappa shape index (κ1) is 21.0. The molecule has 0 radical (unpaired) electrons. The zero-order valence-electron chi connectivity index (χ0n) is 18.5. The Kier molecular flexibility index (Phi) is 5.69. The molecule has 0 bridgehead atoms. The highest BCUT2D eigenvalue weighted by molar-refractivity contribution is 6.05. The molecule has 0 spiro atoms. The van der Waals surface area contributed by atoms with E-state index in [1.165, 1.54) is 0 Å². The van der Waals surface area contributed by atoms with Crippen LogP contribution < -0.4 is 15.4 Å². The second-order valence-electron chi connectivity index (χ2n) is 8.46. The van der Waals surface area contributed by atoms with Crippen molar-refractivity contribution in [3.8, 4) is 11.6 Å². The molecule has 2 N–H and O–H groups in total. The molecule has 1 fully saturated rings. The third kappa shape index (κ3) is 4.39. The van der Waals surface area contributed by atoms with Crippen LogP contribution >= 0.6 is 0 Å². The minimum atomic E-state index is -0.493. The monoisotopic (exact) mass is 442 g/mol. The van der Waals surface area contributed by atoms with Gasteiger partial charge in [0.05, 0.1) is 11.4 Å². The molecule has 3 aromatic rings. The van der Waals surface area contributed by atoms with Gasteiger partial charge in [-0.2, -0.15) is 0 Å². The first-order chi connectivity index (χ1) is 16.1. The van der Waals surface area contributed by atoms with Crippen LogP contribution in [0.4, 0.5) is 11.4 Å². The maximum Gasteiger partial charge on any atom is 0.222 e. The summed E-state index contributed by atoms with van der Waals surface area (Å²) in [6, 6.07) is 18.8. The summed E-state index contributed by atoms with van der Waals surface area (Å²) < 4.78 is 6.11. The molecule has 2 aliphatic rings. The molecule has 1 atom stereocenters. The lowest BCUT2D eigenvalue weighted by Gasteiger charge is -2.32. The molecule has 33 heavy (non-hydrogen) atoms. The number of rotatable bonds is 5. The number of aromatic nitrogens is 1. The van der Waals surface area contributed by atoms with E-state index in [9.17, 15) is 9.59 Å². The predicted octanol–water partition coefficient (Wildman–Crippen LogP) is 4.65. The zero-order valence-corrected chi connectivity index (χ0v) is 18.5. The van der Waals surface area contributed by atoms with E-state index in [0.29, 0.717) is 23.7 Å². The van der Waals surface area contributed by atoms with Gasteiger partial charge in [-0.25, -0.2) is 4.98 Å². The van der Waals surface area contributed by atoms with Gasteiger partial charge >= 0.3 is 0 Å². The SMILES string of the molecule is CC(=O)N1CCCC(c2cccnc2Oc2ccc(C(=O)C3Nc4ccccc4N3)cc2)C1. The van der Waals surface area contributed by atoms with E-state index in [2.05, 4.69) is 15.6 Å². The Morgan fingerprint density at radius 3 is 2.42 bits per heavy atom. The quantitative estimate of drug-likeness (QED) is 0.560. The molecule has 1 aromatic heterocycles. The average Bonchev–Trinajstić information content (AvgIpc) is 3.29. The second kappa shape index (κ2) is 8.94. The lowest BCUT2D eigenvalue weighted by atomic mass is 9.91. The summed E-state index contributed by atoms with van der Waals surface area (Å²) in [6.45, 7) is 3.09. The van der Waals surface area contributed by atoms with Crippen LogP contribution in [0.5, 0.6) is 11.6 Å². The first-order valence-electron chi connectivity index (χ1n) is 11.2. The molecule has 2 aliphatic heterocycles. The molecule has 1 amide bonds. The predicted molar refractivity (Wildman–Crippen MR) is 127 cm³/mol. The number of fused-ring (bicyclic) bond motifs is 1. The number of hydrogen-bond acceptors (Lipinski definition) is 6. The molecule has 1 saturated heterocycles. The van der Waals surface area contributed by atoms with Crippen molar-refractivity contribution in [3.05, 3.63) is 78.0 Å². The van der Waals surface area contributed by atoms with Crippen molar-refractivity contribution in [1.29, 1.82) is 0 Å². The topological polar surface area (TPSA) is 83.6 Å². The summed E-state index contributed by atoms with van der Waals surface area (Å²) in [4.78, 5) is 31.1. The molecule has 5 rings (SSSR count). The summed E-state index contributed by atoms with van der Waals surface area (Å²) in [5.74, 6) is 1.40. The van der Waals surface area contributed by atoms with Crippen LogP contribution in [0.1, 0.15) is 41.6 Å². The van der Waals surface area contributed by atoms with Crippen molar-refractivity contribution in [2.24, 2.45) is 0 Å². The minimum absolute atomic E-state index is 0.0391. The van der Waals surface area contributed by atoms with Crippen LogP contribution in [-0.2, 0) is 4.79 Å². The van der Waals surface area contributed by atoms with Gasteiger partial charge in [-0.3, -0.25) is 9.59 Å². The van der Waals surface area contributed by atoms with Crippen molar-refractivity contribution in [1.82, 2.24) is 9.88 Å². The van der Waals surface area contributed by atoms with E-state index in [0.717, 1.165) is 36.3 Å². The highest BCUT2D eigenvalue weighted by atomic mass is 16.5. The number of benzene rings is 2. The number of nitrogens with zero attached hydrogens (tertiary/aromatic N) is 2. The lowest BCUT2D eigenvalue weighted by molar-refractivity contribution is -0.130. The number of amides is 1.